The van der Waals surface area contributed by atoms with E-state index in [1.54, 1.807) is 54.7 Å². The van der Waals surface area contributed by atoms with E-state index in [-0.39, 0.29) is 37.7 Å². The Bertz CT molecular complexity index is 2410. The summed E-state index contributed by atoms with van der Waals surface area (Å²) in [6, 6.07) is 13.2. The predicted octanol–water partition coefficient (Wildman–Crippen LogP) is 2.46. The van der Waals surface area contributed by atoms with Crippen molar-refractivity contribution in [1.82, 2.24) is 31.6 Å². The number of carboxylic acid groups (broad SMARTS) is 2. The number of amides is 5. The zero-order chi connectivity index (χ0) is 47.4. The van der Waals surface area contributed by atoms with Crippen LogP contribution in [-0.4, -0.2) is 103 Å². The highest BCUT2D eigenvalue weighted by molar-refractivity contribution is 7.51. The monoisotopic (exact) mass is 938 g/mol. The number of hydrogen-bond donors (Lipinski definition) is 11. The lowest BCUT2D eigenvalue weighted by atomic mass is 9.78. The van der Waals surface area contributed by atoms with Crippen LogP contribution >= 0.6 is 19.2 Å². The van der Waals surface area contributed by atoms with Gasteiger partial charge in [-0.1, -0.05) is 85.1 Å². The molecular formula is C44H52ClN6O13P. The molecule has 1 aliphatic carbocycles. The van der Waals surface area contributed by atoms with Gasteiger partial charge < -0.3 is 56.7 Å². The Kier molecular flexibility index (Phi) is 17.4. The van der Waals surface area contributed by atoms with Crippen molar-refractivity contribution in [2.45, 2.75) is 87.8 Å². The van der Waals surface area contributed by atoms with Gasteiger partial charge in [-0.05, 0) is 53.6 Å². The van der Waals surface area contributed by atoms with Crippen molar-refractivity contribution in [2.75, 3.05) is 7.05 Å². The molecule has 1 aromatic heterocycles. The van der Waals surface area contributed by atoms with Crippen LogP contribution in [0.1, 0.15) is 66.6 Å². The van der Waals surface area contributed by atoms with E-state index < -0.39 is 104 Å². The number of aromatic nitrogens is 1. The highest BCUT2D eigenvalue weighted by Crippen LogP contribution is 2.49. The summed E-state index contributed by atoms with van der Waals surface area (Å²) >= 11 is 6.13. The molecule has 1 aliphatic rings. The number of hydrogen-bond acceptors (Lipinski definition) is 9. The summed E-state index contributed by atoms with van der Waals surface area (Å²) < 4.78 is 11.7. The minimum Gasteiger partial charge on any atom is -0.481 e. The van der Waals surface area contributed by atoms with Gasteiger partial charge in [0.1, 0.15) is 24.2 Å². The number of aliphatic carboxylic acids is 2. The molecule has 0 saturated heterocycles. The second-order valence-electron chi connectivity index (χ2n) is 15.9. The Morgan fingerprint density at radius 1 is 0.723 bits per heavy atom. The van der Waals surface area contributed by atoms with Crippen LogP contribution in [0.15, 0.2) is 79.0 Å². The van der Waals surface area contributed by atoms with Gasteiger partial charge >= 0.3 is 19.5 Å². The predicted molar refractivity (Wildman–Crippen MR) is 236 cm³/mol. The number of aliphatic hydroxyl groups excluding tert-OH is 1. The standard InChI is InChI=1S/C44H52ClN6O13P/c1-46-39(55)36(21-27-23-47-33-22-28(45)15-16-29(27)33)51-40(56)32(17-18-37(52)53)48-41(57)35(19-24-7-3-2-4-8-24)50-42(58)34(49-38(54)30-9-5-6-10-31(30)43(59)60)20-25-11-13-26(14-12-25)44(61)65(62,63)64/h2-4,7-8,11-16,22-23,30-32,34-36,44,47,61H,5-6,9-10,17-21H2,1H3,(H,46,55)(H,48,57)(H,49,54)(H,50,58)(H,51,56)(H,52,53)(H,59,60)(H2,62,63,64)/t30-,31-,32-,34-,35-,36+,44?/m0/s1. The van der Waals surface area contributed by atoms with Crippen molar-refractivity contribution in [3.63, 3.8) is 0 Å². The molecule has 4 aromatic rings. The molecule has 7 atom stereocenters. The van der Waals surface area contributed by atoms with Crippen LogP contribution in [0.2, 0.25) is 5.02 Å². The summed E-state index contributed by atoms with van der Waals surface area (Å²) in [7, 11) is -3.56. The van der Waals surface area contributed by atoms with E-state index in [9.17, 15) is 63.2 Å². The number of likely N-dealkylation sites (N-methyl/N-ethyl adjacent to an activating group) is 1. The van der Waals surface area contributed by atoms with Crippen LogP contribution in [-0.2, 0) is 57.4 Å². The first-order valence-corrected chi connectivity index (χ1v) is 22.9. The number of carboxylic acids is 2. The van der Waals surface area contributed by atoms with E-state index in [2.05, 4.69) is 31.6 Å². The first-order chi connectivity index (χ1) is 30.8. The van der Waals surface area contributed by atoms with E-state index in [1.165, 1.54) is 31.3 Å². The quantitative estimate of drug-likeness (QED) is 0.0536. The second kappa shape index (κ2) is 22.7. The smallest absolute Gasteiger partial charge is 0.358 e. The molecule has 1 unspecified atom stereocenters. The molecule has 19 nitrogen and oxygen atoms in total. The lowest BCUT2D eigenvalue weighted by Gasteiger charge is -2.30. The largest absolute Gasteiger partial charge is 0.481 e. The zero-order valence-corrected chi connectivity index (χ0v) is 36.9. The number of fused-ring (bicyclic) bond motifs is 1. The molecule has 0 bridgehead atoms. The molecule has 1 saturated carbocycles. The van der Waals surface area contributed by atoms with E-state index in [0.717, 1.165) is 5.39 Å². The number of benzene rings is 3. The van der Waals surface area contributed by atoms with Crippen LogP contribution < -0.4 is 26.6 Å². The summed E-state index contributed by atoms with van der Waals surface area (Å²) in [5.41, 5.74) is 2.13. The topological polar surface area (TPSA) is 314 Å². The number of H-pyrrole nitrogens is 1. The van der Waals surface area contributed by atoms with Gasteiger partial charge in [-0.15, -0.1) is 0 Å². The van der Waals surface area contributed by atoms with Gasteiger partial charge in [0.25, 0.3) is 0 Å². The molecule has 65 heavy (non-hydrogen) atoms. The van der Waals surface area contributed by atoms with Crippen LogP contribution in [0.3, 0.4) is 0 Å². The van der Waals surface area contributed by atoms with Crippen molar-refractivity contribution >= 4 is 71.6 Å². The van der Waals surface area contributed by atoms with Gasteiger partial charge in [0, 0.05) is 54.9 Å². The minimum absolute atomic E-state index is 0.00646. The third-order valence-corrected chi connectivity index (χ3v) is 12.5. The summed E-state index contributed by atoms with van der Waals surface area (Å²) in [4.78, 5) is 115. The highest BCUT2D eigenvalue weighted by atomic mass is 35.5. The molecule has 1 fully saturated rings. The molecule has 1 heterocycles. The lowest BCUT2D eigenvalue weighted by molar-refractivity contribution is -0.149. The van der Waals surface area contributed by atoms with E-state index in [0.29, 0.717) is 40.1 Å². The van der Waals surface area contributed by atoms with Crippen molar-refractivity contribution < 1.29 is 63.2 Å². The number of nitrogens with one attached hydrogen (secondary N) is 6. The van der Waals surface area contributed by atoms with Crippen molar-refractivity contribution in [3.05, 3.63) is 106 Å². The van der Waals surface area contributed by atoms with Crippen LogP contribution in [0.25, 0.3) is 10.9 Å². The first kappa shape index (κ1) is 49.9. The van der Waals surface area contributed by atoms with Gasteiger partial charge in [-0.3, -0.25) is 38.1 Å². The average Bonchev–Trinajstić information content (AvgIpc) is 3.67. The molecule has 0 aliphatic heterocycles. The second-order valence-corrected chi connectivity index (χ2v) is 18.0. The van der Waals surface area contributed by atoms with E-state index >= 15 is 0 Å². The molecular weight excluding hydrogens is 887 g/mol. The minimum atomic E-state index is -4.93. The number of aliphatic hydroxyl groups is 1. The third-order valence-electron chi connectivity index (χ3n) is 11.3. The molecule has 21 heteroatoms. The number of halogens is 1. The number of aromatic amines is 1. The maximum absolute atomic E-state index is 14.4. The molecule has 5 amide bonds. The lowest BCUT2D eigenvalue weighted by Crippen LogP contribution is -2.59. The number of rotatable bonds is 21. The molecule has 3 aromatic carbocycles. The Labute approximate surface area is 378 Å². The van der Waals surface area contributed by atoms with Crippen LogP contribution in [0.4, 0.5) is 0 Å². The zero-order valence-electron chi connectivity index (χ0n) is 35.2. The van der Waals surface area contributed by atoms with E-state index in [4.69, 9.17) is 11.6 Å². The SMILES string of the molecule is CNC(=O)[C@@H](Cc1c[nH]c2cc(Cl)ccc12)NC(=O)[C@H](CCC(=O)O)NC(=O)[C@H](Cc1ccccc1)NC(=O)[C@H](Cc1ccc(C(O)P(=O)(O)O)cc1)NC(=O)[C@H]1CCCC[C@@H]1C(=O)O. The third kappa shape index (κ3) is 13.9. The highest BCUT2D eigenvalue weighted by Gasteiger charge is 2.38. The number of carbonyl (C=O) groups is 7. The molecule has 5 rings (SSSR count). The van der Waals surface area contributed by atoms with Crippen LogP contribution in [0, 0.1) is 11.8 Å². The fourth-order valence-corrected chi connectivity index (χ4v) is 8.56. The van der Waals surface area contributed by atoms with Crippen LogP contribution in [0.5, 0.6) is 0 Å². The van der Waals surface area contributed by atoms with Gasteiger partial charge in [-0.2, -0.15) is 0 Å². The van der Waals surface area contributed by atoms with Gasteiger partial charge in [-0.25, -0.2) is 0 Å². The van der Waals surface area contributed by atoms with Gasteiger partial charge in [0.05, 0.1) is 11.8 Å². The fourth-order valence-electron chi connectivity index (χ4n) is 7.83. The Morgan fingerprint density at radius 2 is 1.28 bits per heavy atom. The Morgan fingerprint density at radius 3 is 1.86 bits per heavy atom. The maximum atomic E-state index is 14.4. The first-order valence-electron chi connectivity index (χ1n) is 20.8. The fraction of sp³-hybridized carbons (Fsp3) is 0.386. The van der Waals surface area contributed by atoms with E-state index in [1.807, 2.05) is 0 Å². The van der Waals surface area contributed by atoms with Gasteiger partial charge in [0.15, 0.2) is 5.85 Å². The van der Waals surface area contributed by atoms with Crippen molar-refractivity contribution in [2.24, 2.45) is 11.8 Å². The molecule has 348 valence electrons. The van der Waals surface area contributed by atoms with Gasteiger partial charge in [0.2, 0.25) is 29.5 Å². The summed E-state index contributed by atoms with van der Waals surface area (Å²) in [6.45, 7) is 0. The summed E-state index contributed by atoms with van der Waals surface area (Å²) in [6.07, 6.45) is 1.89. The Hall–Kier alpha value is -6.11. The molecule has 0 spiro atoms. The maximum Gasteiger partial charge on any atom is 0.358 e. The molecule has 0 radical (unpaired) electrons. The normalized spacial score (nSPS) is 17.4. The van der Waals surface area contributed by atoms with Crippen molar-refractivity contribution in [1.29, 1.82) is 0 Å². The summed E-state index contributed by atoms with van der Waals surface area (Å²) in [5, 5.41) is 43.8. The Balaban J connectivity index is 1.42. The molecule has 11 N–H and O–H groups in total. The number of carbonyl (C=O) groups excluding carboxylic acids is 5. The van der Waals surface area contributed by atoms with Crippen molar-refractivity contribution in [3.8, 4) is 0 Å². The average molecular weight is 939 g/mol. The summed E-state index contributed by atoms with van der Waals surface area (Å²) in [5.74, 6) is -10.6.